The van der Waals surface area contributed by atoms with Gasteiger partial charge in [-0.1, -0.05) is 16.8 Å². The summed E-state index contributed by atoms with van der Waals surface area (Å²) in [6, 6.07) is 3.41. The van der Waals surface area contributed by atoms with Gasteiger partial charge in [0.05, 0.1) is 12.7 Å². The van der Waals surface area contributed by atoms with Crippen molar-refractivity contribution in [2.45, 2.75) is 13.2 Å². The van der Waals surface area contributed by atoms with Crippen LogP contribution < -0.4 is 5.32 Å². The van der Waals surface area contributed by atoms with E-state index in [4.69, 9.17) is 20.9 Å². The Morgan fingerprint density at radius 1 is 1.47 bits per heavy atom. The van der Waals surface area contributed by atoms with Crippen molar-refractivity contribution < 1.29 is 9.26 Å². The lowest BCUT2D eigenvalue weighted by atomic mass is 10.4. The molecule has 6 nitrogen and oxygen atoms in total. The molecule has 7 heteroatoms. The molecule has 17 heavy (non-hydrogen) atoms. The highest BCUT2D eigenvalue weighted by Gasteiger charge is 2.04. The summed E-state index contributed by atoms with van der Waals surface area (Å²) >= 11 is 5.86. The van der Waals surface area contributed by atoms with Crippen molar-refractivity contribution >= 4 is 17.4 Å². The van der Waals surface area contributed by atoms with Crippen LogP contribution in [0.15, 0.2) is 22.9 Å². The van der Waals surface area contributed by atoms with Crippen LogP contribution >= 0.6 is 11.6 Å². The van der Waals surface area contributed by atoms with Crippen LogP contribution in [-0.4, -0.2) is 22.2 Å². The first-order valence-corrected chi connectivity index (χ1v) is 5.31. The predicted octanol–water partition coefficient (Wildman–Crippen LogP) is 1.88. The molecule has 2 heterocycles. The van der Waals surface area contributed by atoms with Gasteiger partial charge in [-0.05, 0) is 0 Å². The molecule has 2 aromatic rings. The zero-order valence-corrected chi connectivity index (χ0v) is 9.94. The SMILES string of the molecule is COCc1nc(Cl)cc(NCc2ccno2)n1. The fourth-order valence-electron chi connectivity index (χ4n) is 1.26. The molecule has 1 N–H and O–H groups in total. The van der Waals surface area contributed by atoms with Gasteiger partial charge in [0.1, 0.15) is 17.6 Å². The molecule has 0 unspecified atom stereocenters. The van der Waals surface area contributed by atoms with Crippen LogP contribution in [0.5, 0.6) is 0 Å². The van der Waals surface area contributed by atoms with E-state index < -0.39 is 0 Å². The molecule has 0 bridgehead atoms. The van der Waals surface area contributed by atoms with Gasteiger partial charge in [0.15, 0.2) is 11.6 Å². The Balaban J connectivity index is 2.04. The van der Waals surface area contributed by atoms with Gasteiger partial charge in [-0.2, -0.15) is 0 Å². The summed E-state index contributed by atoms with van der Waals surface area (Å²) in [5.74, 6) is 1.86. The zero-order valence-electron chi connectivity index (χ0n) is 9.18. The summed E-state index contributed by atoms with van der Waals surface area (Å²) in [5.41, 5.74) is 0. The quantitative estimate of drug-likeness (QED) is 0.822. The van der Waals surface area contributed by atoms with Gasteiger partial charge in [0.2, 0.25) is 0 Å². The Labute approximate surface area is 103 Å². The third-order valence-corrected chi connectivity index (χ3v) is 2.14. The van der Waals surface area contributed by atoms with Gasteiger partial charge >= 0.3 is 0 Å². The average Bonchev–Trinajstić information content (AvgIpc) is 2.79. The fourth-order valence-corrected chi connectivity index (χ4v) is 1.46. The second-order valence-electron chi connectivity index (χ2n) is 3.26. The number of methoxy groups -OCH3 is 1. The minimum atomic E-state index is 0.317. The van der Waals surface area contributed by atoms with E-state index in [1.54, 1.807) is 25.4 Å². The molecule has 0 atom stereocenters. The van der Waals surface area contributed by atoms with Crippen LogP contribution in [0.4, 0.5) is 5.82 Å². The van der Waals surface area contributed by atoms with Crippen molar-refractivity contribution in [2.24, 2.45) is 0 Å². The molecule has 0 amide bonds. The van der Waals surface area contributed by atoms with Crippen molar-refractivity contribution in [3.8, 4) is 0 Å². The van der Waals surface area contributed by atoms with Gasteiger partial charge in [-0.25, -0.2) is 9.97 Å². The standard InChI is InChI=1S/C10H11ClN4O2/c1-16-6-10-14-8(11)4-9(15-10)12-5-7-2-3-13-17-7/h2-4H,5-6H2,1H3,(H,12,14,15). The molecule has 0 saturated carbocycles. The molecular weight excluding hydrogens is 244 g/mol. The average molecular weight is 255 g/mol. The topological polar surface area (TPSA) is 73.1 Å². The van der Waals surface area contributed by atoms with Crippen molar-refractivity contribution in [3.05, 3.63) is 35.1 Å². The molecule has 2 aromatic heterocycles. The number of nitrogens with zero attached hydrogens (tertiary/aromatic N) is 3. The molecule has 90 valence electrons. The Morgan fingerprint density at radius 2 is 2.35 bits per heavy atom. The number of rotatable bonds is 5. The Bertz CT molecular complexity index is 475. The maximum absolute atomic E-state index is 5.86. The van der Waals surface area contributed by atoms with Crippen LogP contribution in [0.2, 0.25) is 5.15 Å². The smallest absolute Gasteiger partial charge is 0.158 e. The van der Waals surface area contributed by atoms with Crippen LogP contribution in [0.25, 0.3) is 0 Å². The van der Waals surface area contributed by atoms with Crippen molar-refractivity contribution in [3.63, 3.8) is 0 Å². The van der Waals surface area contributed by atoms with E-state index in [-0.39, 0.29) is 0 Å². The number of ether oxygens (including phenoxy) is 1. The zero-order chi connectivity index (χ0) is 12.1. The molecule has 0 aromatic carbocycles. The lowest BCUT2D eigenvalue weighted by Gasteiger charge is -2.05. The van der Waals surface area contributed by atoms with Gasteiger partial charge in [-0.15, -0.1) is 0 Å². The summed E-state index contributed by atoms with van der Waals surface area (Å²) in [5, 5.41) is 7.03. The fraction of sp³-hybridized carbons (Fsp3) is 0.300. The first kappa shape index (κ1) is 11.8. The van der Waals surface area contributed by atoms with Gasteiger partial charge in [0.25, 0.3) is 0 Å². The number of halogens is 1. The van der Waals surface area contributed by atoms with E-state index in [9.17, 15) is 0 Å². The highest BCUT2D eigenvalue weighted by Crippen LogP contribution is 2.13. The number of nitrogens with one attached hydrogen (secondary N) is 1. The van der Waals surface area contributed by atoms with E-state index in [1.807, 2.05) is 0 Å². The summed E-state index contributed by atoms with van der Waals surface area (Å²) < 4.78 is 9.90. The van der Waals surface area contributed by atoms with E-state index in [0.29, 0.717) is 35.7 Å². The molecule has 0 saturated heterocycles. The lowest BCUT2D eigenvalue weighted by Crippen LogP contribution is -2.04. The van der Waals surface area contributed by atoms with Crippen molar-refractivity contribution in [1.29, 1.82) is 0 Å². The minimum Gasteiger partial charge on any atom is -0.377 e. The van der Waals surface area contributed by atoms with Crippen LogP contribution in [-0.2, 0) is 17.9 Å². The summed E-state index contributed by atoms with van der Waals surface area (Å²) in [6.45, 7) is 0.803. The largest absolute Gasteiger partial charge is 0.377 e. The van der Waals surface area contributed by atoms with E-state index >= 15 is 0 Å². The molecule has 0 aliphatic carbocycles. The Morgan fingerprint density at radius 3 is 3.06 bits per heavy atom. The van der Waals surface area contributed by atoms with E-state index in [0.717, 1.165) is 0 Å². The monoisotopic (exact) mass is 254 g/mol. The Kier molecular flexibility index (Phi) is 3.89. The number of anilines is 1. The molecule has 0 aliphatic rings. The summed E-state index contributed by atoms with van der Waals surface area (Å²) in [6.07, 6.45) is 1.58. The highest BCUT2D eigenvalue weighted by atomic mass is 35.5. The number of aromatic nitrogens is 3. The van der Waals surface area contributed by atoms with Crippen molar-refractivity contribution in [1.82, 2.24) is 15.1 Å². The van der Waals surface area contributed by atoms with Gasteiger partial charge in [-0.3, -0.25) is 0 Å². The normalized spacial score (nSPS) is 10.5. The first-order chi connectivity index (χ1) is 8.28. The lowest BCUT2D eigenvalue weighted by molar-refractivity contribution is 0.178. The summed E-state index contributed by atoms with van der Waals surface area (Å²) in [7, 11) is 1.58. The van der Waals surface area contributed by atoms with Crippen LogP contribution in [0.1, 0.15) is 11.6 Å². The van der Waals surface area contributed by atoms with Gasteiger partial charge < -0.3 is 14.6 Å². The number of hydrogen-bond acceptors (Lipinski definition) is 6. The summed E-state index contributed by atoms with van der Waals surface area (Å²) in [4.78, 5) is 8.25. The van der Waals surface area contributed by atoms with Crippen molar-refractivity contribution in [2.75, 3.05) is 12.4 Å². The molecule has 2 rings (SSSR count). The minimum absolute atomic E-state index is 0.317. The van der Waals surface area contributed by atoms with Gasteiger partial charge in [0, 0.05) is 19.2 Å². The molecule has 0 spiro atoms. The maximum Gasteiger partial charge on any atom is 0.158 e. The number of hydrogen-bond donors (Lipinski definition) is 1. The first-order valence-electron chi connectivity index (χ1n) is 4.94. The van der Waals surface area contributed by atoms with Crippen LogP contribution in [0, 0.1) is 0 Å². The molecule has 0 fully saturated rings. The molecule has 0 aliphatic heterocycles. The maximum atomic E-state index is 5.86. The van der Waals surface area contributed by atoms with E-state index in [1.165, 1.54) is 0 Å². The second-order valence-corrected chi connectivity index (χ2v) is 3.64. The molecular formula is C10H11ClN4O2. The Hall–Kier alpha value is -1.66. The predicted molar refractivity (Wildman–Crippen MR) is 61.6 cm³/mol. The third kappa shape index (κ3) is 3.40. The van der Waals surface area contributed by atoms with E-state index in [2.05, 4.69) is 20.4 Å². The second kappa shape index (κ2) is 5.60. The van der Waals surface area contributed by atoms with Crippen LogP contribution in [0.3, 0.4) is 0 Å². The highest BCUT2D eigenvalue weighted by molar-refractivity contribution is 6.29. The molecule has 0 radical (unpaired) electrons. The third-order valence-electron chi connectivity index (χ3n) is 1.95.